The van der Waals surface area contributed by atoms with Crippen molar-refractivity contribution in [1.82, 2.24) is 9.80 Å². The van der Waals surface area contributed by atoms with Crippen LogP contribution in [0.4, 0.5) is 9.18 Å². The first-order valence-electron chi connectivity index (χ1n) is 6.71. The monoisotopic (exact) mass is 281 g/mol. The van der Waals surface area contributed by atoms with Gasteiger partial charge in [0.05, 0.1) is 6.04 Å². The first-order chi connectivity index (χ1) is 9.52. The normalized spacial score (nSPS) is 20.1. The number of rotatable bonds is 3. The molecule has 1 aromatic rings. The van der Waals surface area contributed by atoms with E-state index in [0.29, 0.717) is 26.2 Å². The minimum absolute atomic E-state index is 0.270. The van der Waals surface area contributed by atoms with Crippen LogP contribution in [0.5, 0.6) is 0 Å². The largest absolute Gasteiger partial charge is 0.465 e. The summed E-state index contributed by atoms with van der Waals surface area (Å²) in [6, 6.07) is 4.23. The van der Waals surface area contributed by atoms with E-state index in [4.69, 9.17) is 5.73 Å². The number of halogens is 1. The van der Waals surface area contributed by atoms with E-state index in [2.05, 4.69) is 4.90 Å². The molecular weight excluding hydrogens is 261 g/mol. The molecule has 0 saturated carbocycles. The number of carbonyl (C=O) groups is 1. The van der Waals surface area contributed by atoms with Gasteiger partial charge in [0.15, 0.2) is 0 Å². The SMILES string of the molecule is Cc1cc(F)ccc1C1CN(CCN)CCN1C(=O)O. The molecule has 3 N–H and O–H groups in total. The van der Waals surface area contributed by atoms with Crippen molar-refractivity contribution in [2.24, 2.45) is 5.73 Å². The molecule has 1 aliphatic rings. The zero-order valence-corrected chi connectivity index (χ0v) is 11.6. The Morgan fingerprint density at radius 3 is 2.85 bits per heavy atom. The molecule has 1 atom stereocenters. The molecule has 1 amide bonds. The van der Waals surface area contributed by atoms with Crippen LogP contribution in [-0.2, 0) is 0 Å². The molecule has 0 aliphatic carbocycles. The maximum absolute atomic E-state index is 13.2. The van der Waals surface area contributed by atoms with Crippen molar-refractivity contribution in [2.75, 3.05) is 32.7 Å². The predicted molar refractivity (Wildman–Crippen MR) is 74.1 cm³/mol. The van der Waals surface area contributed by atoms with Gasteiger partial charge in [-0.1, -0.05) is 6.07 Å². The third kappa shape index (κ3) is 3.08. The Morgan fingerprint density at radius 1 is 1.50 bits per heavy atom. The molecule has 110 valence electrons. The Balaban J connectivity index is 2.28. The molecule has 6 heteroatoms. The Bertz CT molecular complexity index is 495. The van der Waals surface area contributed by atoms with Crippen molar-refractivity contribution < 1.29 is 14.3 Å². The number of aryl methyl sites for hydroxylation is 1. The van der Waals surface area contributed by atoms with E-state index in [1.54, 1.807) is 13.0 Å². The second-order valence-corrected chi connectivity index (χ2v) is 5.08. The van der Waals surface area contributed by atoms with Gasteiger partial charge in [0.2, 0.25) is 0 Å². The summed E-state index contributed by atoms with van der Waals surface area (Å²) in [5.41, 5.74) is 7.20. The van der Waals surface area contributed by atoms with Crippen LogP contribution in [0, 0.1) is 12.7 Å². The highest BCUT2D eigenvalue weighted by Gasteiger charge is 2.31. The molecule has 1 aromatic carbocycles. The molecule has 1 saturated heterocycles. The van der Waals surface area contributed by atoms with Crippen LogP contribution < -0.4 is 5.73 Å². The minimum atomic E-state index is -0.939. The fraction of sp³-hybridized carbons (Fsp3) is 0.500. The van der Waals surface area contributed by atoms with Gasteiger partial charge in [0, 0.05) is 32.7 Å². The first-order valence-corrected chi connectivity index (χ1v) is 6.71. The number of benzene rings is 1. The van der Waals surface area contributed by atoms with Gasteiger partial charge in [0.25, 0.3) is 0 Å². The van der Waals surface area contributed by atoms with Crippen molar-refractivity contribution in [3.05, 3.63) is 35.1 Å². The number of carboxylic acid groups (broad SMARTS) is 1. The summed E-state index contributed by atoms with van der Waals surface area (Å²) < 4.78 is 13.2. The lowest BCUT2D eigenvalue weighted by molar-refractivity contribution is 0.0682. The molecule has 1 unspecified atom stereocenters. The Kier molecular flexibility index (Phi) is 4.57. The van der Waals surface area contributed by atoms with Crippen LogP contribution >= 0.6 is 0 Å². The van der Waals surface area contributed by atoms with Crippen LogP contribution in [-0.4, -0.2) is 53.7 Å². The van der Waals surface area contributed by atoms with E-state index in [1.165, 1.54) is 17.0 Å². The lowest BCUT2D eigenvalue weighted by Crippen LogP contribution is -2.51. The molecule has 5 nitrogen and oxygen atoms in total. The van der Waals surface area contributed by atoms with E-state index in [9.17, 15) is 14.3 Å². The quantitative estimate of drug-likeness (QED) is 0.879. The van der Waals surface area contributed by atoms with Gasteiger partial charge in [-0.05, 0) is 30.2 Å². The molecule has 1 fully saturated rings. The summed E-state index contributed by atoms with van der Waals surface area (Å²) in [5.74, 6) is -0.303. The van der Waals surface area contributed by atoms with Gasteiger partial charge in [-0.3, -0.25) is 9.80 Å². The van der Waals surface area contributed by atoms with Crippen molar-refractivity contribution in [3.63, 3.8) is 0 Å². The third-order valence-electron chi connectivity index (χ3n) is 3.75. The Morgan fingerprint density at radius 2 is 2.25 bits per heavy atom. The zero-order valence-electron chi connectivity index (χ0n) is 11.6. The van der Waals surface area contributed by atoms with Crippen molar-refractivity contribution >= 4 is 6.09 Å². The maximum Gasteiger partial charge on any atom is 0.407 e. The fourth-order valence-electron chi connectivity index (χ4n) is 2.73. The van der Waals surface area contributed by atoms with E-state index in [1.807, 2.05) is 0 Å². The lowest BCUT2D eigenvalue weighted by Gasteiger charge is -2.40. The van der Waals surface area contributed by atoms with Crippen LogP contribution in [0.25, 0.3) is 0 Å². The summed E-state index contributed by atoms with van der Waals surface area (Å²) in [6.45, 7) is 4.81. The summed E-state index contributed by atoms with van der Waals surface area (Å²) in [6.07, 6.45) is -0.939. The molecule has 20 heavy (non-hydrogen) atoms. The van der Waals surface area contributed by atoms with Gasteiger partial charge < -0.3 is 10.8 Å². The van der Waals surface area contributed by atoms with Crippen molar-refractivity contribution in [2.45, 2.75) is 13.0 Å². The number of nitrogens with two attached hydrogens (primary N) is 1. The third-order valence-corrected chi connectivity index (χ3v) is 3.75. The number of amides is 1. The molecule has 1 heterocycles. The molecular formula is C14H20FN3O2. The highest BCUT2D eigenvalue weighted by Crippen LogP contribution is 2.28. The van der Waals surface area contributed by atoms with E-state index in [0.717, 1.165) is 17.7 Å². The Hall–Kier alpha value is -1.66. The molecule has 0 aromatic heterocycles. The van der Waals surface area contributed by atoms with Gasteiger partial charge in [-0.2, -0.15) is 0 Å². The van der Waals surface area contributed by atoms with Gasteiger partial charge in [0.1, 0.15) is 5.82 Å². The second-order valence-electron chi connectivity index (χ2n) is 5.08. The standard InChI is InChI=1S/C14H20FN3O2/c1-10-8-11(15)2-3-12(10)13-9-17(5-4-16)6-7-18(13)14(19)20/h2-3,8,13H,4-7,9,16H2,1H3,(H,19,20). The van der Waals surface area contributed by atoms with Gasteiger partial charge >= 0.3 is 6.09 Å². The van der Waals surface area contributed by atoms with Crippen LogP contribution in [0.3, 0.4) is 0 Å². The molecule has 1 aliphatic heterocycles. The van der Waals surface area contributed by atoms with Crippen LogP contribution in [0.1, 0.15) is 17.2 Å². The van der Waals surface area contributed by atoms with E-state index >= 15 is 0 Å². The molecule has 0 spiro atoms. The van der Waals surface area contributed by atoms with E-state index < -0.39 is 6.09 Å². The van der Waals surface area contributed by atoms with Crippen LogP contribution in [0.15, 0.2) is 18.2 Å². The summed E-state index contributed by atoms with van der Waals surface area (Å²) >= 11 is 0. The first kappa shape index (κ1) is 14.7. The average molecular weight is 281 g/mol. The fourth-order valence-corrected chi connectivity index (χ4v) is 2.73. The molecule has 0 radical (unpaired) electrons. The zero-order chi connectivity index (χ0) is 14.7. The van der Waals surface area contributed by atoms with Gasteiger partial charge in [-0.25, -0.2) is 9.18 Å². The minimum Gasteiger partial charge on any atom is -0.465 e. The maximum atomic E-state index is 13.2. The number of nitrogens with zero attached hydrogens (tertiary/aromatic N) is 2. The summed E-state index contributed by atoms with van der Waals surface area (Å²) in [4.78, 5) is 15.0. The number of hydrogen-bond donors (Lipinski definition) is 2. The number of hydrogen-bond acceptors (Lipinski definition) is 3. The average Bonchev–Trinajstić information content (AvgIpc) is 2.38. The van der Waals surface area contributed by atoms with Crippen molar-refractivity contribution in [3.8, 4) is 0 Å². The van der Waals surface area contributed by atoms with E-state index in [-0.39, 0.29) is 11.9 Å². The second kappa shape index (κ2) is 6.19. The highest BCUT2D eigenvalue weighted by atomic mass is 19.1. The van der Waals surface area contributed by atoms with Gasteiger partial charge in [-0.15, -0.1) is 0 Å². The topological polar surface area (TPSA) is 69.8 Å². The lowest BCUT2D eigenvalue weighted by atomic mass is 9.98. The number of piperazine rings is 1. The molecule has 2 rings (SSSR count). The molecule has 0 bridgehead atoms. The van der Waals surface area contributed by atoms with Crippen LogP contribution in [0.2, 0.25) is 0 Å². The summed E-state index contributed by atoms with van der Waals surface area (Å²) in [7, 11) is 0. The Labute approximate surface area is 117 Å². The highest BCUT2D eigenvalue weighted by molar-refractivity contribution is 5.66. The summed E-state index contributed by atoms with van der Waals surface area (Å²) in [5, 5.41) is 9.34. The van der Waals surface area contributed by atoms with Crippen molar-refractivity contribution in [1.29, 1.82) is 0 Å². The predicted octanol–water partition coefficient (Wildman–Crippen LogP) is 1.43. The smallest absolute Gasteiger partial charge is 0.407 e.